The van der Waals surface area contributed by atoms with Crippen molar-refractivity contribution >= 4 is 39.6 Å². The third-order valence-corrected chi connectivity index (χ3v) is 4.65. The number of hydrogen-bond donors (Lipinski definition) is 1. The molecule has 1 aromatic rings. The number of rotatable bonds is 7. The van der Waals surface area contributed by atoms with Crippen molar-refractivity contribution in [3.05, 3.63) is 33.8 Å². The molecule has 1 aromatic carbocycles. The van der Waals surface area contributed by atoms with Crippen molar-refractivity contribution in [1.82, 2.24) is 4.90 Å². The summed E-state index contributed by atoms with van der Waals surface area (Å²) in [6, 6.07) is 4.67. The van der Waals surface area contributed by atoms with Crippen LogP contribution in [0.25, 0.3) is 0 Å². The third-order valence-electron chi connectivity index (χ3n) is 3.26. The first-order valence-electron chi connectivity index (χ1n) is 6.75. The molecule has 4 nitrogen and oxygen atoms in total. The van der Waals surface area contributed by atoms with Gasteiger partial charge in [0, 0.05) is 23.1 Å². The summed E-state index contributed by atoms with van der Waals surface area (Å²) < 4.78 is 0.591. The smallest absolute Gasteiger partial charge is 0.335 e. The molecule has 0 aliphatic carbocycles. The lowest BCUT2D eigenvalue weighted by Crippen LogP contribution is -2.35. The fraction of sp³-hybridized carbons (Fsp3) is 0.467. The molecule has 1 N–H and O–H groups in total. The zero-order chi connectivity index (χ0) is 16.0. The standard InChI is InChI=1S/C15H20BrNO3S/c1-4-21-6-5-10(2)17(3)14(18)11-7-12(15(19)20)9-13(16)8-11/h7-10H,4-6H2,1-3H3,(H,19,20). The van der Waals surface area contributed by atoms with Crippen LogP contribution in [0.3, 0.4) is 0 Å². The van der Waals surface area contributed by atoms with Crippen LogP contribution < -0.4 is 0 Å². The average molecular weight is 374 g/mol. The molecule has 0 aliphatic heterocycles. The van der Waals surface area contributed by atoms with Gasteiger partial charge in [0.25, 0.3) is 5.91 Å². The predicted octanol–water partition coefficient (Wildman–Crippen LogP) is 3.75. The number of amides is 1. The fourth-order valence-corrected chi connectivity index (χ4v) is 3.12. The Balaban J connectivity index is 2.84. The molecule has 0 fully saturated rings. The van der Waals surface area contributed by atoms with Crippen LogP contribution in [0.5, 0.6) is 0 Å². The maximum absolute atomic E-state index is 12.5. The largest absolute Gasteiger partial charge is 0.478 e. The summed E-state index contributed by atoms with van der Waals surface area (Å²) in [5, 5.41) is 9.06. The Morgan fingerprint density at radius 2 is 1.95 bits per heavy atom. The Morgan fingerprint density at radius 1 is 1.33 bits per heavy atom. The minimum Gasteiger partial charge on any atom is -0.478 e. The van der Waals surface area contributed by atoms with Gasteiger partial charge in [0.2, 0.25) is 0 Å². The van der Waals surface area contributed by atoms with Crippen LogP contribution in [0.4, 0.5) is 0 Å². The molecule has 0 spiro atoms. The number of carboxylic acids is 1. The third kappa shape index (κ3) is 5.36. The summed E-state index contributed by atoms with van der Waals surface area (Å²) in [6.07, 6.45) is 0.917. The molecule has 0 aromatic heterocycles. The number of hydrogen-bond acceptors (Lipinski definition) is 3. The van der Waals surface area contributed by atoms with Crippen LogP contribution >= 0.6 is 27.7 Å². The van der Waals surface area contributed by atoms with E-state index in [1.54, 1.807) is 18.0 Å². The van der Waals surface area contributed by atoms with Gasteiger partial charge >= 0.3 is 5.97 Å². The summed E-state index contributed by atoms with van der Waals surface area (Å²) in [7, 11) is 1.75. The molecule has 1 amide bonds. The van der Waals surface area contributed by atoms with Gasteiger partial charge in [-0.25, -0.2) is 4.79 Å². The fourth-order valence-electron chi connectivity index (χ4n) is 1.83. The first-order valence-corrected chi connectivity index (χ1v) is 8.70. The number of carboxylic acid groups (broad SMARTS) is 1. The minimum atomic E-state index is -1.04. The Morgan fingerprint density at radius 3 is 2.52 bits per heavy atom. The van der Waals surface area contributed by atoms with Crippen molar-refractivity contribution < 1.29 is 14.7 Å². The van der Waals surface area contributed by atoms with Gasteiger partial charge in [-0.05, 0) is 43.0 Å². The highest BCUT2D eigenvalue weighted by Gasteiger charge is 2.19. The second kappa shape index (κ2) is 8.44. The molecular weight excluding hydrogens is 354 g/mol. The van der Waals surface area contributed by atoms with Gasteiger partial charge < -0.3 is 10.0 Å². The van der Waals surface area contributed by atoms with E-state index in [1.807, 2.05) is 18.7 Å². The molecule has 1 rings (SSSR count). The van der Waals surface area contributed by atoms with E-state index in [1.165, 1.54) is 12.1 Å². The van der Waals surface area contributed by atoms with Crippen LogP contribution in [-0.2, 0) is 0 Å². The van der Waals surface area contributed by atoms with Crippen LogP contribution in [0.2, 0.25) is 0 Å². The molecule has 6 heteroatoms. The Hall–Kier alpha value is -1.01. The second-order valence-electron chi connectivity index (χ2n) is 4.78. The lowest BCUT2D eigenvalue weighted by Gasteiger charge is -2.25. The molecule has 0 saturated carbocycles. The van der Waals surface area contributed by atoms with Gasteiger partial charge in [0.05, 0.1) is 5.56 Å². The van der Waals surface area contributed by atoms with E-state index in [0.717, 1.165) is 17.9 Å². The number of aromatic carboxylic acids is 1. The molecule has 0 heterocycles. The van der Waals surface area contributed by atoms with Crippen molar-refractivity contribution in [3.8, 4) is 0 Å². The summed E-state index contributed by atoms with van der Waals surface area (Å²) in [6.45, 7) is 4.11. The Labute approximate surface area is 138 Å². The highest BCUT2D eigenvalue weighted by atomic mass is 79.9. The normalized spacial score (nSPS) is 12.0. The number of benzene rings is 1. The van der Waals surface area contributed by atoms with E-state index < -0.39 is 5.97 Å². The summed E-state index contributed by atoms with van der Waals surface area (Å²) in [4.78, 5) is 25.2. The van der Waals surface area contributed by atoms with Crippen LogP contribution in [0.1, 0.15) is 41.0 Å². The van der Waals surface area contributed by atoms with E-state index >= 15 is 0 Å². The average Bonchev–Trinajstić information content (AvgIpc) is 2.45. The zero-order valence-corrected chi connectivity index (χ0v) is 14.8. The van der Waals surface area contributed by atoms with Crippen molar-refractivity contribution in [2.75, 3.05) is 18.6 Å². The van der Waals surface area contributed by atoms with E-state index in [2.05, 4.69) is 22.9 Å². The zero-order valence-electron chi connectivity index (χ0n) is 12.4. The number of nitrogens with zero attached hydrogens (tertiary/aromatic N) is 1. The molecule has 1 unspecified atom stereocenters. The van der Waals surface area contributed by atoms with Gasteiger partial charge in [-0.3, -0.25) is 4.79 Å². The molecule has 116 valence electrons. The van der Waals surface area contributed by atoms with Crippen molar-refractivity contribution in [2.45, 2.75) is 26.3 Å². The van der Waals surface area contributed by atoms with Crippen LogP contribution in [0, 0.1) is 0 Å². The van der Waals surface area contributed by atoms with Crippen LogP contribution in [0.15, 0.2) is 22.7 Å². The lowest BCUT2D eigenvalue weighted by molar-refractivity contribution is 0.0697. The Bertz CT molecular complexity index is 522. The number of carbonyl (C=O) groups is 2. The monoisotopic (exact) mass is 373 g/mol. The molecule has 1 atom stereocenters. The highest BCUT2D eigenvalue weighted by molar-refractivity contribution is 9.10. The van der Waals surface area contributed by atoms with Crippen molar-refractivity contribution in [2.24, 2.45) is 0 Å². The quantitative estimate of drug-likeness (QED) is 0.739. The summed E-state index contributed by atoms with van der Waals surface area (Å²) in [5.41, 5.74) is 0.495. The molecule has 21 heavy (non-hydrogen) atoms. The van der Waals surface area contributed by atoms with E-state index in [9.17, 15) is 9.59 Å². The maximum atomic E-state index is 12.5. The first kappa shape index (κ1) is 18.0. The van der Waals surface area contributed by atoms with E-state index in [-0.39, 0.29) is 17.5 Å². The molecular formula is C15H20BrNO3S. The molecule has 0 bridgehead atoms. The second-order valence-corrected chi connectivity index (χ2v) is 7.09. The highest BCUT2D eigenvalue weighted by Crippen LogP contribution is 2.19. The number of carbonyl (C=O) groups excluding carboxylic acids is 1. The number of halogens is 1. The topological polar surface area (TPSA) is 57.6 Å². The van der Waals surface area contributed by atoms with Gasteiger partial charge in [0.15, 0.2) is 0 Å². The van der Waals surface area contributed by atoms with Crippen molar-refractivity contribution in [3.63, 3.8) is 0 Å². The maximum Gasteiger partial charge on any atom is 0.335 e. The summed E-state index contributed by atoms with van der Waals surface area (Å²) in [5.74, 6) is 0.875. The predicted molar refractivity (Wildman–Crippen MR) is 90.3 cm³/mol. The molecule has 0 aliphatic rings. The van der Waals surface area contributed by atoms with Gasteiger partial charge in [-0.1, -0.05) is 22.9 Å². The molecule has 0 radical (unpaired) electrons. The van der Waals surface area contributed by atoms with E-state index in [0.29, 0.717) is 10.0 Å². The van der Waals surface area contributed by atoms with Gasteiger partial charge in [-0.2, -0.15) is 11.8 Å². The number of thioether (sulfide) groups is 1. The van der Waals surface area contributed by atoms with Crippen LogP contribution in [-0.4, -0.2) is 46.5 Å². The molecule has 0 saturated heterocycles. The van der Waals surface area contributed by atoms with E-state index in [4.69, 9.17) is 5.11 Å². The minimum absolute atomic E-state index is 0.107. The lowest BCUT2D eigenvalue weighted by atomic mass is 10.1. The first-order chi connectivity index (χ1) is 9.86. The van der Waals surface area contributed by atoms with Gasteiger partial charge in [0.1, 0.15) is 0 Å². The van der Waals surface area contributed by atoms with Crippen molar-refractivity contribution in [1.29, 1.82) is 0 Å². The van der Waals surface area contributed by atoms with Gasteiger partial charge in [-0.15, -0.1) is 0 Å². The SMILES string of the molecule is CCSCCC(C)N(C)C(=O)c1cc(Br)cc(C(=O)O)c1. The summed E-state index contributed by atoms with van der Waals surface area (Å²) >= 11 is 5.10. The Kier molecular flexibility index (Phi) is 7.25.